The van der Waals surface area contributed by atoms with Crippen molar-refractivity contribution in [3.8, 4) is 0 Å². The molecular formula is C22H49NO2. The van der Waals surface area contributed by atoms with Gasteiger partial charge < -0.3 is 10.1 Å². The number of nitrogens with one attached hydrogen (secondary N) is 1. The molecule has 1 amide bonds. The highest BCUT2D eigenvalue weighted by Crippen LogP contribution is 2.43. The van der Waals surface area contributed by atoms with E-state index in [1.165, 1.54) is 0 Å². The molecule has 0 aromatic heterocycles. The summed E-state index contributed by atoms with van der Waals surface area (Å²) in [5.41, 5.74) is 1.02. The molecular weight excluding hydrogens is 310 g/mol. The first-order chi connectivity index (χ1) is 10.9. The van der Waals surface area contributed by atoms with E-state index in [1.807, 2.05) is 27.6 Å². The number of amides is 1. The molecule has 3 heteroatoms. The van der Waals surface area contributed by atoms with Crippen molar-refractivity contribution in [3.05, 3.63) is 0 Å². The first-order valence-corrected chi connectivity index (χ1v) is 9.40. The molecule has 1 atom stereocenters. The maximum absolute atomic E-state index is 11.5. The predicted molar refractivity (Wildman–Crippen MR) is 114 cm³/mol. The van der Waals surface area contributed by atoms with Crippen LogP contribution in [-0.4, -0.2) is 19.7 Å². The van der Waals surface area contributed by atoms with Crippen LogP contribution < -0.4 is 5.32 Å². The molecule has 0 spiro atoms. The lowest BCUT2D eigenvalue weighted by Crippen LogP contribution is -2.43. The Hall–Kier alpha value is -0.860. The van der Waals surface area contributed by atoms with Crippen molar-refractivity contribution in [2.75, 3.05) is 7.05 Å². The van der Waals surface area contributed by atoms with Crippen LogP contribution in [0.3, 0.4) is 0 Å². The molecule has 0 rings (SSSR count). The number of carbonyl (C=O) groups excluding carboxylic acids is 2. The number of rotatable bonds is 2. The summed E-state index contributed by atoms with van der Waals surface area (Å²) in [6.45, 7) is 32.4. The fourth-order valence-corrected chi connectivity index (χ4v) is 1.19. The Morgan fingerprint density at radius 1 is 0.720 bits per heavy atom. The summed E-state index contributed by atoms with van der Waals surface area (Å²) in [5, 5.41) is 2.70. The predicted octanol–water partition coefficient (Wildman–Crippen LogP) is 6.36. The summed E-state index contributed by atoms with van der Waals surface area (Å²) in [7, 11) is 1.69. The standard InChI is InChI=1S/C11H23NO.C8H18.C2H6.CH2O/c1-8(9(13)12-7)11(5,6)10(2,3)4;1-7(2,3)8(4,5)6;2*1-2/h8H,1-7H3,(H,12,13);1-6H3;1-2H3;1H2. The average molecular weight is 360 g/mol. The molecule has 0 aliphatic rings. The second-order valence-electron chi connectivity index (χ2n) is 9.81. The van der Waals surface area contributed by atoms with E-state index in [-0.39, 0.29) is 22.7 Å². The van der Waals surface area contributed by atoms with E-state index < -0.39 is 0 Å². The van der Waals surface area contributed by atoms with Crippen molar-refractivity contribution in [2.45, 2.75) is 96.9 Å². The molecule has 1 N–H and O–H groups in total. The van der Waals surface area contributed by atoms with Crippen molar-refractivity contribution in [1.29, 1.82) is 0 Å². The molecule has 0 aromatic carbocycles. The van der Waals surface area contributed by atoms with E-state index in [9.17, 15) is 4.79 Å². The summed E-state index contributed by atoms with van der Waals surface area (Å²) < 4.78 is 0. The van der Waals surface area contributed by atoms with Crippen LogP contribution in [0.25, 0.3) is 0 Å². The third-order valence-corrected chi connectivity index (χ3v) is 5.91. The van der Waals surface area contributed by atoms with Crippen molar-refractivity contribution >= 4 is 12.7 Å². The molecule has 0 aliphatic carbocycles. The van der Waals surface area contributed by atoms with Crippen LogP contribution in [0.4, 0.5) is 0 Å². The van der Waals surface area contributed by atoms with E-state index >= 15 is 0 Å². The van der Waals surface area contributed by atoms with Gasteiger partial charge in [0, 0.05) is 13.0 Å². The Balaban J connectivity index is -0.000000157. The van der Waals surface area contributed by atoms with Gasteiger partial charge in [-0.25, -0.2) is 0 Å². The fourth-order valence-electron chi connectivity index (χ4n) is 1.19. The Morgan fingerprint density at radius 3 is 1.08 bits per heavy atom. The minimum atomic E-state index is 0.00704. The molecule has 154 valence electrons. The van der Waals surface area contributed by atoms with Gasteiger partial charge in [0.1, 0.15) is 6.79 Å². The highest BCUT2D eigenvalue weighted by molar-refractivity contribution is 5.78. The summed E-state index contributed by atoms with van der Waals surface area (Å²) in [6, 6.07) is 0. The first-order valence-electron chi connectivity index (χ1n) is 9.40. The molecule has 0 heterocycles. The Bertz CT molecular complexity index is 327. The maximum atomic E-state index is 11.5. The van der Waals surface area contributed by atoms with Crippen LogP contribution >= 0.6 is 0 Å². The second-order valence-corrected chi connectivity index (χ2v) is 9.81. The molecule has 0 aromatic rings. The average Bonchev–Trinajstić information content (AvgIpc) is 2.47. The van der Waals surface area contributed by atoms with Gasteiger partial charge in [-0.2, -0.15) is 0 Å². The molecule has 25 heavy (non-hydrogen) atoms. The molecule has 0 saturated carbocycles. The third kappa shape index (κ3) is 12.2. The normalized spacial score (nSPS) is 12.9. The Labute approximate surface area is 159 Å². The van der Waals surface area contributed by atoms with Crippen LogP contribution in [0.15, 0.2) is 0 Å². The highest BCUT2D eigenvalue weighted by Gasteiger charge is 2.40. The van der Waals surface area contributed by atoms with Crippen LogP contribution in [-0.2, 0) is 9.59 Å². The van der Waals surface area contributed by atoms with Crippen molar-refractivity contribution < 1.29 is 9.59 Å². The van der Waals surface area contributed by atoms with Crippen LogP contribution in [0.5, 0.6) is 0 Å². The highest BCUT2D eigenvalue weighted by atomic mass is 16.1. The van der Waals surface area contributed by atoms with E-state index in [0.29, 0.717) is 10.8 Å². The SMILES string of the molecule is C=O.CC.CC(C)(C)C(C)(C)C.CNC(=O)C(C)C(C)(C)C(C)(C)C. The lowest BCUT2D eigenvalue weighted by Gasteiger charge is -2.42. The van der Waals surface area contributed by atoms with Crippen molar-refractivity contribution in [3.63, 3.8) is 0 Å². The third-order valence-electron chi connectivity index (χ3n) is 5.91. The molecule has 0 aliphatic heterocycles. The topological polar surface area (TPSA) is 46.2 Å². The molecule has 0 fully saturated rings. The zero-order valence-corrected chi connectivity index (χ0v) is 20.1. The van der Waals surface area contributed by atoms with Gasteiger partial charge in [0.2, 0.25) is 5.91 Å². The van der Waals surface area contributed by atoms with E-state index in [0.717, 1.165) is 0 Å². The van der Waals surface area contributed by atoms with E-state index in [2.05, 4.69) is 81.5 Å². The smallest absolute Gasteiger partial charge is 0.223 e. The van der Waals surface area contributed by atoms with Gasteiger partial charge in [-0.05, 0) is 21.7 Å². The van der Waals surface area contributed by atoms with Gasteiger partial charge >= 0.3 is 0 Å². The number of carbonyl (C=O) groups is 2. The molecule has 0 bridgehead atoms. The zero-order valence-electron chi connectivity index (χ0n) is 20.1. The fraction of sp³-hybridized carbons (Fsp3) is 0.909. The van der Waals surface area contributed by atoms with Crippen molar-refractivity contribution in [2.24, 2.45) is 27.6 Å². The molecule has 0 saturated heterocycles. The maximum Gasteiger partial charge on any atom is 0.223 e. The molecule has 1 unspecified atom stereocenters. The van der Waals surface area contributed by atoms with Gasteiger partial charge in [-0.15, -0.1) is 0 Å². The summed E-state index contributed by atoms with van der Waals surface area (Å²) >= 11 is 0. The van der Waals surface area contributed by atoms with Gasteiger partial charge in [0.15, 0.2) is 0 Å². The van der Waals surface area contributed by atoms with Gasteiger partial charge in [0.05, 0.1) is 0 Å². The van der Waals surface area contributed by atoms with Crippen LogP contribution in [0.1, 0.15) is 96.9 Å². The van der Waals surface area contributed by atoms with Gasteiger partial charge in [-0.1, -0.05) is 96.9 Å². The van der Waals surface area contributed by atoms with Gasteiger partial charge in [0.25, 0.3) is 0 Å². The van der Waals surface area contributed by atoms with Crippen molar-refractivity contribution in [1.82, 2.24) is 5.32 Å². The van der Waals surface area contributed by atoms with Gasteiger partial charge in [-0.3, -0.25) is 4.79 Å². The minimum absolute atomic E-state index is 0.00704. The van der Waals surface area contributed by atoms with Crippen LogP contribution in [0, 0.1) is 27.6 Å². The summed E-state index contributed by atoms with van der Waals surface area (Å²) in [6.07, 6.45) is 0. The lowest BCUT2D eigenvalue weighted by molar-refractivity contribution is -0.130. The zero-order chi connectivity index (χ0) is 21.9. The first kappa shape index (κ1) is 31.9. The number of hydrogen-bond donors (Lipinski definition) is 1. The summed E-state index contributed by atoms with van der Waals surface area (Å²) in [4.78, 5) is 19.5. The quantitative estimate of drug-likeness (QED) is 0.623. The largest absolute Gasteiger partial charge is 0.359 e. The lowest BCUT2D eigenvalue weighted by atomic mass is 9.62. The van der Waals surface area contributed by atoms with E-state index in [4.69, 9.17) is 4.79 Å². The minimum Gasteiger partial charge on any atom is -0.359 e. The molecule has 0 radical (unpaired) electrons. The second kappa shape index (κ2) is 12.5. The molecule has 3 nitrogen and oxygen atoms in total. The monoisotopic (exact) mass is 359 g/mol. The van der Waals surface area contributed by atoms with E-state index in [1.54, 1.807) is 7.05 Å². The van der Waals surface area contributed by atoms with Crippen LogP contribution in [0.2, 0.25) is 0 Å². The summed E-state index contributed by atoms with van der Waals surface area (Å²) in [5.74, 6) is 0.164. The Morgan fingerprint density at radius 2 is 0.960 bits per heavy atom. The Kier molecular flexibility index (Phi) is 15.9. The number of hydrogen-bond acceptors (Lipinski definition) is 2.